The van der Waals surface area contributed by atoms with Crippen LogP contribution in [-0.2, 0) is 6.42 Å². The fraction of sp³-hybridized carbons (Fsp3) is 0.375. The molecule has 1 aromatic heterocycles. The zero-order valence-electron chi connectivity index (χ0n) is 11.1. The Morgan fingerprint density at radius 3 is 2.21 bits per heavy atom. The summed E-state index contributed by atoms with van der Waals surface area (Å²) in [5, 5.41) is 0. The maximum absolute atomic E-state index is 4.51. The topological polar surface area (TPSA) is 29.0 Å². The number of anilines is 1. The molecule has 19 heavy (non-hydrogen) atoms. The van der Waals surface area contributed by atoms with Crippen molar-refractivity contribution in [1.82, 2.24) is 9.97 Å². The van der Waals surface area contributed by atoms with Crippen molar-refractivity contribution in [2.45, 2.75) is 25.7 Å². The number of rotatable bonds is 3. The molecular weight excluding hydrogens is 234 g/mol. The summed E-state index contributed by atoms with van der Waals surface area (Å²) in [5.41, 5.74) is 2.48. The highest BCUT2D eigenvalue weighted by Gasteiger charge is 2.12. The Kier molecular flexibility index (Phi) is 3.73. The van der Waals surface area contributed by atoms with Crippen LogP contribution in [0.1, 0.15) is 30.4 Å². The van der Waals surface area contributed by atoms with E-state index in [-0.39, 0.29) is 0 Å². The van der Waals surface area contributed by atoms with Gasteiger partial charge in [-0.1, -0.05) is 30.3 Å². The standard InChI is InChI=1S/C16H19N3/c1-3-7-14(8-4-1)11-15-12-17-16(18-13-15)19-9-5-2-6-10-19/h1,3-4,7-8,12-13H,2,5-6,9-11H2. The monoisotopic (exact) mass is 253 g/mol. The Morgan fingerprint density at radius 1 is 0.842 bits per heavy atom. The van der Waals surface area contributed by atoms with E-state index in [1.807, 2.05) is 18.5 Å². The molecular formula is C16H19N3. The molecule has 3 rings (SSSR count). The van der Waals surface area contributed by atoms with E-state index in [9.17, 15) is 0 Å². The SMILES string of the molecule is c1ccc(Cc2cnc(N3CCCCC3)nc2)cc1. The van der Waals surface area contributed by atoms with Gasteiger partial charge in [0.05, 0.1) is 0 Å². The summed E-state index contributed by atoms with van der Waals surface area (Å²) in [6.45, 7) is 2.19. The number of hydrogen-bond donors (Lipinski definition) is 0. The van der Waals surface area contributed by atoms with Gasteiger partial charge in [0.15, 0.2) is 0 Å². The van der Waals surface area contributed by atoms with Gasteiger partial charge in [-0.25, -0.2) is 9.97 Å². The van der Waals surface area contributed by atoms with Gasteiger partial charge in [0.2, 0.25) is 5.95 Å². The quantitative estimate of drug-likeness (QED) is 0.842. The minimum atomic E-state index is 0.886. The molecule has 98 valence electrons. The normalized spacial score (nSPS) is 15.5. The van der Waals surface area contributed by atoms with Gasteiger partial charge >= 0.3 is 0 Å². The lowest BCUT2D eigenvalue weighted by Gasteiger charge is -2.26. The molecule has 0 N–H and O–H groups in total. The first-order chi connectivity index (χ1) is 9.42. The zero-order chi connectivity index (χ0) is 12.9. The minimum absolute atomic E-state index is 0.886. The fourth-order valence-electron chi connectivity index (χ4n) is 2.53. The maximum Gasteiger partial charge on any atom is 0.225 e. The van der Waals surface area contributed by atoms with Crippen molar-refractivity contribution in [2.24, 2.45) is 0 Å². The summed E-state index contributed by atoms with van der Waals surface area (Å²) in [6.07, 6.45) is 8.68. The molecule has 1 aliphatic rings. The summed E-state index contributed by atoms with van der Waals surface area (Å²) in [5.74, 6) is 0.886. The van der Waals surface area contributed by atoms with Crippen molar-refractivity contribution >= 4 is 5.95 Å². The fourth-order valence-corrected chi connectivity index (χ4v) is 2.53. The molecule has 0 unspecified atom stereocenters. The molecule has 3 nitrogen and oxygen atoms in total. The highest BCUT2D eigenvalue weighted by Crippen LogP contribution is 2.15. The van der Waals surface area contributed by atoms with Crippen molar-refractivity contribution in [3.8, 4) is 0 Å². The Morgan fingerprint density at radius 2 is 1.53 bits per heavy atom. The van der Waals surface area contributed by atoms with Crippen molar-refractivity contribution in [2.75, 3.05) is 18.0 Å². The van der Waals surface area contributed by atoms with Crippen LogP contribution in [-0.4, -0.2) is 23.1 Å². The van der Waals surface area contributed by atoms with E-state index < -0.39 is 0 Å². The summed E-state index contributed by atoms with van der Waals surface area (Å²) < 4.78 is 0. The van der Waals surface area contributed by atoms with Crippen LogP contribution in [0.5, 0.6) is 0 Å². The van der Waals surface area contributed by atoms with Gasteiger partial charge in [0.25, 0.3) is 0 Å². The van der Waals surface area contributed by atoms with Gasteiger partial charge in [0.1, 0.15) is 0 Å². The number of benzene rings is 1. The molecule has 0 aliphatic carbocycles. The third-order valence-corrected chi connectivity index (χ3v) is 3.58. The molecule has 0 amide bonds. The van der Waals surface area contributed by atoms with E-state index in [0.29, 0.717) is 0 Å². The van der Waals surface area contributed by atoms with Crippen LogP contribution in [0.15, 0.2) is 42.7 Å². The molecule has 0 bridgehead atoms. The number of nitrogens with zero attached hydrogens (tertiary/aromatic N) is 3. The lowest BCUT2D eigenvalue weighted by molar-refractivity contribution is 0.568. The van der Waals surface area contributed by atoms with E-state index in [4.69, 9.17) is 0 Å². The second-order valence-corrected chi connectivity index (χ2v) is 5.10. The second-order valence-electron chi connectivity index (χ2n) is 5.10. The molecule has 2 aromatic rings. The Labute approximate surface area is 114 Å². The first-order valence-electron chi connectivity index (χ1n) is 7.01. The van der Waals surface area contributed by atoms with Crippen molar-refractivity contribution in [3.63, 3.8) is 0 Å². The highest BCUT2D eigenvalue weighted by atomic mass is 15.2. The van der Waals surface area contributed by atoms with Crippen LogP contribution in [0.25, 0.3) is 0 Å². The van der Waals surface area contributed by atoms with Crippen LogP contribution in [0, 0.1) is 0 Å². The van der Waals surface area contributed by atoms with Crippen LogP contribution in [0.3, 0.4) is 0 Å². The average Bonchev–Trinajstić information content (AvgIpc) is 2.50. The molecule has 0 radical (unpaired) electrons. The van der Waals surface area contributed by atoms with Crippen molar-refractivity contribution in [1.29, 1.82) is 0 Å². The third-order valence-electron chi connectivity index (χ3n) is 3.58. The molecule has 0 saturated carbocycles. The molecule has 1 fully saturated rings. The second kappa shape index (κ2) is 5.83. The van der Waals surface area contributed by atoms with Crippen molar-refractivity contribution in [3.05, 3.63) is 53.9 Å². The largest absolute Gasteiger partial charge is 0.341 e. The van der Waals surface area contributed by atoms with Gasteiger partial charge in [0, 0.05) is 31.9 Å². The summed E-state index contributed by atoms with van der Waals surface area (Å²) in [6, 6.07) is 10.5. The van der Waals surface area contributed by atoms with E-state index in [0.717, 1.165) is 25.5 Å². The summed E-state index contributed by atoms with van der Waals surface area (Å²) in [7, 11) is 0. The molecule has 3 heteroatoms. The highest BCUT2D eigenvalue weighted by molar-refractivity contribution is 5.31. The lowest BCUT2D eigenvalue weighted by Crippen LogP contribution is -2.30. The Bertz CT molecular complexity index is 501. The first kappa shape index (κ1) is 12.2. The predicted molar refractivity (Wildman–Crippen MR) is 77.3 cm³/mol. The molecule has 0 atom stereocenters. The average molecular weight is 253 g/mol. The minimum Gasteiger partial charge on any atom is -0.341 e. The smallest absolute Gasteiger partial charge is 0.225 e. The van der Waals surface area contributed by atoms with Crippen LogP contribution in [0.4, 0.5) is 5.95 Å². The van der Waals surface area contributed by atoms with Crippen LogP contribution >= 0.6 is 0 Å². The third kappa shape index (κ3) is 3.11. The van der Waals surface area contributed by atoms with Crippen LogP contribution < -0.4 is 4.90 Å². The Balaban J connectivity index is 1.68. The van der Waals surface area contributed by atoms with Gasteiger partial charge in [-0.3, -0.25) is 0 Å². The molecule has 1 aliphatic heterocycles. The molecule has 2 heterocycles. The Hall–Kier alpha value is -1.90. The predicted octanol–water partition coefficient (Wildman–Crippen LogP) is 3.06. The maximum atomic E-state index is 4.51. The molecule has 1 saturated heterocycles. The number of piperidine rings is 1. The van der Waals surface area contributed by atoms with E-state index in [2.05, 4.69) is 39.1 Å². The van der Waals surface area contributed by atoms with Crippen molar-refractivity contribution < 1.29 is 0 Å². The summed E-state index contributed by atoms with van der Waals surface area (Å²) >= 11 is 0. The number of hydrogen-bond acceptors (Lipinski definition) is 3. The summed E-state index contributed by atoms with van der Waals surface area (Å²) in [4.78, 5) is 11.3. The first-order valence-corrected chi connectivity index (χ1v) is 7.01. The van der Waals surface area contributed by atoms with Gasteiger partial charge in [-0.15, -0.1) is 0 Å². The van der Waals surface area contributed by atoms with Gasteiger partial charge < -0.3 is 4.90 Å². The zero-order valence-corrected chi connectivity index (χ0v) is 11.1. The molecule has 0 spiro atoms. The molecule has 1 aromatic carbocycles. The van der Waals surface area contributed by atoms with Gasteiger partial charge in [-0.2, -0.15) is 0 Å². The van der Waals surface area contributed by atoms with E-state index >= 15 is 0 Å². The van der Waals surface area contributed by atoms with E-state index in [1.54, 1.807) is 0 Å². The number of aromatic nitrogens is 2. The van der Waals surface area contributed by atoms with Crippen LogP contribution in [0.2, 0.25) is 0 Å². The lowest BCUT2D eigenvalue weighted by atomic mass is 10.1. The van der Waals surface area contributed by atoms with E-state index in [1.165, 1.54) is 30.4 Å². The van der Waals surface area contributed by atoms with Gasteiger partial charge in [-0.05, 0) is 30.4 Å².